The van der Waals surface area contributed by atoms with Crippen LogP contribution in [0.4, 0.5) is 23.3 Å². The third-order valence-corrected chi connectivity index (χ3v) is 5.27. The first-order valence-electron chi connectivity index (χ1n) is 7.67. The number of nitrogen functional groups attached to an aromatic ring is 1. The van der Waals surface area contributed by atoms with Crippen LogP contribution in [-0.2, 0) is 14.8 Å². The third-order valence-electron chi connectivity index (χ3n) is 3.43. The molecule has 1 aromatic carbocycles. The fourth-order valence-corrected chi connectivity index (χ4v) is 3.53. The van der Waals surface area contributed by atoms with E-state index in [-0.39, 0.29) is 27.6 Å². The molecule has 1 amide bonds. The lowest BCUT2D eigenvalue weighted by Gasteiger charge is -2.04. The van der Waals surface area contributed by atoms with E-state index in [1.165, 1.54) is 31.2 Å². The largest absolute Gasteiger partial charge is 0.368 e. The molecular weight excluding hydrogens is 406 g/mol. The normalized spacial score (nSPS) is 11.2. The van der Waals surface area contributed by atoms with Gasteiger partial charge in [-0.3, -0.25) is 9.59 Å². The molecule has 0 atom stereocenters. The second kappa shape index (κ2) is 7.38. The summed E-state index contributed by atoms with van der Waals surface area (Å²) >= 11 is 1.12. The Kier molecular flexibility index (Phi) is 5.13. The highest BCUT2D eigenvalue weighted by molar-refractivity contribution is 7.89. The van der Waals surface area contributed by atoms with Crippen LogP contribution in [0.25, 0.3) is 0 Å². The maximum Gasteiger partial charge on any atom is 0.293 e. The van der Waals surface area contributed by atoms with Gasteiger partial charge in [-0.05, 0) is 35.7 Å². The van der Waals surface area contributed by atoms with Gasteiger partial charge < -0.3 is 16.4 Å². The smallest absolute Gasteiger partial charge is 0.293 e. The molecule has 0 aliphatic heterocycles. The van der Waals surface area contributed by atoms with E-state index in [1.54, 1.807) is 11.4 Å². The second-order valence-electron chi connectivity index (χ2n) is 5.55. The summed E-state index contributed by atoms with van der Waals surface area (Å²) in [4.78, 5) is 28.1. The lowest BCUT2D eigenvalue weighted by atomic mass is 10.3. The maximum absolute atomic E-state index is 12.7. The van der Waals surface area contributed by atoms with Crippen LogP contribution in [0.15, 0.2) is 40.6 Å². The zero-order chi connectivity index (χ0) is 20.5. The molecule has 6 N–H and O–H groups in total. The molecule has 13 heteroatoms. The Morgan fingerprint density at radius 2 is 1.86 bits per heavy atom. The van der Waals surface area contributed by atoms with E-state index < -0.39 is 15.9 Å². The molecule has 0 fully saturated rings. The number of hydrogen-bond donors (Lipinski definition) is 4. The number of aromatic nitrogens is 3. The van der Waals surface area contributed by atoms with Crippen LogP contribution in [0, 0.1) is 0 Å². The number of carbonyl (C=O) groups is 2. The quantitative estimate of drug-likeness (QED) is 0.471. The minimum Gasteiger partial charge on any atom is -0.368 e. The van der Waals surface area contributed by atoms with Gasteiger partial charge in [0, 0.05) is 12.6 Å². The monoisotopic (exact) mass is 421 g/mol. The number of nitrogens with one attached hydrogen (secondary N) is 2. The van der Waals surface area contributed by atoms with Crippen LogP contribution in [0.2, 0.25) is 0 Å². The highest BCUT2D eigenvalue weighted by Crippen LogP contribution is 2.25. The van der Waals surface area contributed by atoms with Crippen LogP contribution in [-0.4, -0.2) is 35.0 Å². The molecule has 0 spiro atoms. The molecule has 0 radical (unpaired) electrons. The number of sulfonamides is 1. The number of anilines is 4. The molecule has 11 nitrogen and oxygen atoms in total. The predicted octanol–water partition coefficient (Wildman–Crippen LogP) is 0.960. The Hall–Kier alpha value is -3.29. The topological polar surface area (TPSA) is 175 Å². The number of hydrogen-bond acceptors (Lipinski definition) is 9. The van der Waals surface area contributed by atoms with Gasteiger partial charge in [-0.15, -0.1) is 16.4 Å². The van der Waals surface area contributed by atoms with Crippen LogP contribution in [0.1, 0.15) is 16.6 Å². The van der Waals surface area contributed by atoms with Gasteiger partial charge in [0.15, 0.2) is 0 Å². The van der Waals surface area contributed by atoms with Crippen molar-refractivity contribution in [1.29, 1.82) is 0 Å². The summed E-state index contributed by atoms with van der Waals surface area (Å²) in [7, 11) is -3.80. The minimum atomic E-state index is -3.80. The molecule has 0 aliphatic rings. The number of thiophene rings is 1. The third kappa shape index (κ3) is 4.16. The van der Waals surface area contributed by atoms with Crippen molar-refractivity contribution >= 4 is 56.4 Å². The molecule has 146 valence electrons. The lowest BCUT2D eigenvalue weighted by molar-refractivity contribution is -0.114. The molecular formula is C15H15N7O4S2. The summed E-state index contributed by atoms with van der Waals surface area (Å²) in [5.41, 5.74) is 6.60. The molecule has 28 heavy (non-hydrogen) atoms. The van der Waals surface area contributed by atoms with Gasteiger partial charge in [0.1, 0.15) is 4.88 Å². The predicted molar refractivity (Wildman–Crippen MR) is 104 cm³/mol. The Balaban J connectivity index is 1.83. The van der Waals surface area contributed by atoms with Gasteiger partial charge in [-0.25, -0.2) is 13.6 Å². The maximum atomic E-state index is 12.7. The van der Waals surface area contributed by atoms with Crippen LogP contribution < -0.4 is 21.5 Å². The van der Waals surface area contributed by atoms with Gasteiger partial charge in [0.05, 0.1) is 10.6 Å². The Bertz CT molecular complexity index is 1150. The molecule has 0 aliphatic carbocycles. The zero-order valence-electron chi connectivity index (χ0n) is 14.4. The van der Waals surface area contributed by atoms with E-state index in [9.17, 15) is 18.0 Å². The highest BCUT2D eigenvalue weighted by Gasteiger charge is 2.21. The zero-order valence-corrected chi connectivity index (χ0v) is 16.0. The van der Waals surface area contributed by atoms with Crippen LogP contribution in [0.3, 0.4) is 0 Å². The molecule has 0 bridgehead atoms. The van der Waals surface area contributed by atoms with E-state index in [0.29, 0.717) is 11.4 Å². The summed E-state index contributed by atoms with van der Waals surface area (Å²) in [5, 5.41) is 16.1. The van der Waals surface area contributed by atoms with Crippen molar-refractivity contribution in [3.63, 3.8) is 0 Å². The molecule has 3 rings (SSSR count). The number of rotatable bonds is 5. The summed E-state index contributed by atoms with van der Waals surface area (Å²) < 4.78 is 23.5. The number of nitrogens with zero attached hydrogens (tertiary/aromatic N) is 3. The van der Waals surface area contributed by atoms with Gasteiger partial charge in [-0.1, -0.05) is 0 Å². The van der Waals surface area contributed by atoms with Gasteiger partial charge >= 0.3 is 0 Å². The number of primary sulfonamides is 1. The van der Waals surface area contributed by atoms with Gasteiger partial charge in [-0.2, -0.15) is 9.67 Å². The van der Waals surface area contributed by atoms with Crippen molar-refractivity contribution in [2.24, 2.45) is 5.14 Å². The number of amides is 1. The molecule has 3 aromatic rings. The number of benzene rings is 1. The van der Waals surface area contributed by atoms with E-state index >= 15 is 0 Å². The average Bonchev–Trinajstić information content (AvgIpc) is 3.20. The first kappa shape index (κ1) is 19.5. The highest BCUT2D eigenvalue weighted by atomic mass is 32.2. The molecule has 2 aromatic heterocycles. The van der Waals surface area contributed by atoms with Crippen LogP contribution >= 0.6 is 11.3 Å². The Morgan fingerprint density at radius 1 is 1.18 bits per heavy atom. The van der Waals surface area contributed by atoms with E-state index in [0.717, 1.165) is 16.0 Å². The summed E-state index contributed by atoms with van der Waals surface area (Å²) in [6.07, 6.45) is 0. The molecule has 0 saturated carbocycles. The summed E-state index contributed by atoms with van der Waals surface area (Å²) in [6.45, 7) is 1.33. The van der Waals surface area contributed by atoms with E-state index in [4.69, 9.17) is 10.9 Å². The summed E-state index contributed by atoms with van der Waals surface area (Å²) in [6, 6.07) is 7.15. The molecule has 2 heterocycles. The standard InChI is InChI=1S/C15H15N7O4S2/c1-8(23)18-11-6-7-27-12(11)13(24)22-14(16)20-15(21-22)19-9-2-4-10(5-3-9)28(17,25)26/h2-7H,1H3,(H,18,23)(H2,17,25,26)(H3,16,19,20,21). The van der Waals surface area contributed by atoms with Gasteiger partial charge in [0.25, 0.3) is 5.91 Å². The first-order chi connectivity index (χ1) is 13.1. The van der Waals surface area contributed by atoms with Crippen molar-refractivity contribution in [1.82, 2.24) is 14.8 Å². The average molecular weight is 421 g/mol. The fourth-order valence-electron chi connectivity index (χ4n) is 2.24. The fraction of sp³-hybridized carbons (Fsp3) is 0.0667. The Morgan fingerprint density at radius 3 is 2.46 bits per heavy atom. The molecule has 0 saturated heterocycles. The molecule has 0 unspecified atom stereocenters. The SMILES string of the molecule is CC(=O)Nc1ccsc1C(=O)n1nc(Nc2ccc(S(N)(=O)=O)cc2)nc1N. The lowest BCUT2D eigenvalue weighted by Crippen LogP contribution is -2.17. The van der Waals surface area contributed by atoms with Crippen molar-refractivity contribution in [3.8, 4) is 0 Å². The van der Waals surface area contributed by atoms with E-state index in [2.05, 4.69) is 20.7 Å². The van der Waals surface area contributed by atoms with Crippen molar-refractivity contribution in [2.45, 2.75) is 11.8 Å². The van der Waals surface area contributed by atoms with Crippen molar-refractivity contribution in [3.05, 3.63) is 40.6 Å². The first-order valence-corrected chi connectivity index (χ1v) is 10.1. The van der Waals surface area contributed by atoms with Crippen molar-refractivity contribution in [2.75, 3.05) is 16.4 Å². The summed E-state index contributed by atoms with van der Waals surface area (Å²) in [5.74, 6) is -0.992. The Labute approximate surface area is 163 Å². The second-order valence-corrected chi connectivity index (χ2v) is 8.03. The minimum absolute atomic E-state index is 0.0341. The van der Waals surface area contributed by atoms with Crippen LogP contribution in [0.5, 0.6) is 0 Å². The van der Waals surface area contributed by atoms with E-state index in [1.807, 2.05) is 0 Å². The number of nitrogens with two attached hydrogens (primary N) is 2. The van der Waals surface area contributed by atoms with Crippen molar-refractivity contribution < 1.29 is 18.0 Å². The van der Waals surface area contributed by atoms with Gasteiger partial charge in [0.2, 0.25) is 27.8 Å². The number of carbonyl (C=O) groups excluding carboxylic acids is 2.